The van der Waals surface area contributed by atoms with Crippen LogP contribution in [0.2, 0.25) is 0 Å². The van der Waals surface area contributed by atoms with Crippen LogP contribution in [-0.4, -0.2) is 78.2 Å². The van der Waals surface area contributed by atoms with E-state index in [2.05, 4.69) is 13.8 Å². The zero-order chi connectivity index (χ0) is 36.1. The zero-order valence-electron chi connectivity index (χ0n) is 30.6. The van der Waals surface area contributed by atoms with Crippen molar-refractivity contribution in [3.8, 4) is 0 Å². The topological polar surface area (TPSA) is 178 Å². The normalized spacial score (nSPS) is 10.8. The first-order valence-electron chi connectivity index (χ1n) is 17.8. The number of rotatable bonds is 24. The molecule has 0 amide bonds. The molecule has 276 valence electrons. The molecule has 0 heterocycles. The molecule has 0 aliphatic heterocycles. The van der Waals surface area contributed by atoms with Crippen molar-refractivity contribution in [2.75, 3.05) is 0 Å². The van der Waals surface area contributed by atoms with Crippen LogP contribution in [0.4, 0.5) is 4.79 Å². The van der Waals surface area contributed by atoms with E-state index in [0.717, 1.165) is 25.7 Å². The average Bonchev–Trinajstić information content (AvgIpc) is 3.02. The number of hydrogen-bond donors (Lipinski definition) is 0. The van der Waals surface area contributed by atoms with Crippen molar-refractivity contribution in [2.24, 2.45) is 0 Å². The fourth-order valence-corrected chi connectivity index (χ4v) is 6.99. The number of benzene rings is 2. The third-order valence-corrected chi connectivity index (χ3v) is 9.96. The minimum Gasteiger partial charge on any atom is -0.744 e. The summed E-state index contributed by atoms with van der Waals surface area (Å²) in [5.74, 6) is 0. The van der Waals surface area contributed by atoms with E-state index in [4.69, 9.17) is 15.0 Å². The van der Waals surface area contributed by atoms with Crippen LogP contribution in [0.5, 0.6) is 0 Å². The first-order valence-corrected chi connectivity index (χ1v) is 20.6. The third kappa shape index (κ3) is 30.7. The SMILES string of the molecule is CCCCCCCCCCCCc1ccccc1S(=O)(=O)[O-].CCCCCCCCCCCCc1ccccc1S(=O)(=O)[O-].O=C([O-])[O-].[Mg+2].[Mg+2]. The summed E-state index contributed by atoms with van der Waals surface area (Å²) in [6, 6.07) is 13.1. The Kier molecular flexibility index (Phi) is 36.2. The van der Waals surface area contributed by atoms with Crippen LogP contribution in [-0.2, 0) is 33.1 Å². The van der Waals surface area contributed by atoms with Crippen LogP contribution in [0.3, 0.4) is 0 Å². The first-order chi connectivity index (χ1) is 22.8. The predicted octanol–water partition coefficient (Wildman–Crippen LogP) is 6.90. The van der Waals surface area contributed by atoms with E-state index in [9.17, 15) is 25.9 Å². The molecule has 0 fully saturated rings. The van der Waals surface area contributed by atoms with Crippen LogP contribution in [0.25, 0.3) is 0 Å². The Bertz CT molecular complexity index is 1220. The van der Waals surface area contributed by atoms with Gasteiger partial charge in [-0.3, -0.25) is 0 Å². The molecule has 2 aromatic rings. The van der Waals surface area contributed by atoms with Crippen LogP contribution < -0.4 is 10.2 Å². The summed E-state index contributed by atoms with van der Waals surface area (Å²) in [6.07, 6.45) is 24.0. The number of aryl methyl sites for hydroxylation is 2. The van der Waals surface area contributed by atoms with E-state index in [1.54, 1.807) is 36.4 Å². The Labute approximate surface area is 335 Å². The van der Waals surface area contributed by atoms with Crippen molar-refractivity contribution in [3.05, 3.63) is 59.7 Å². The van der Waals surface area contributed by atoms with Crippen molar-refractivity contribution < 1.29 is 40.9 Å². The fourth-order valence-electron chi connectivity index (χ4n) is 5.51. The van der Waals surface area contributed by atoms with Crippen LogP contribution in [0, 0.1) is 0 Å². The number of unbranched alkanes of at least 4 members (excludes halogenated alkanes) is 18. The van der Waals surface area contributed by atoms with Crippen molar-refractivity contribution in [2.45, 2.75) is 165 Å². The molecule has 0 N–H and O–H groups in total. The van der Waals surface area contributed by atoms with Gasteiger partial charge in [-0.15, -0.1) is 0 Å². The Morgan fingerprint density at radius 1 is 0.460 bits per heavy atom. The summed E-state index contributed by atoms with van der Waals surface area (Å²) in [6.45, 7) is 4.46. The van der Waals surface area contributed by atoms with Gasteiger partial charge < -0.3 is 24.1 Å². The Balaban J connectivity index is -0.000000769. The van der Waals surface area contributed by atoms with Gasteiger partial charge in [0.1, 0.15) is 20.2 Å². The van der Waals surface area contributed by atoms with Crippen LogP contribution in [0.15, 0.2) is 58.3 Å². The molecule has 2 aromatic carbocycles. The summed E-state index contributed by atoms with van der Waals surface area (Å²) in [5, 5.41) is 16.7. The maximum absolute atomic E-state index is 11.2. The van der Waals surface area contributed by atoms with Gasteiger partial charge in [-0.2, -0.15) is 0 Å². The van der Waals surface area contributed by atoms with Gasteiger partial charge in [0.15, 0.2) is 0 Å². The summed E-state index contributed by atoms with van der Waals surface area (Å²) in [4.78, 5) is 8.23. The van der Waals surface area contributed by atoms with E-state index < -0.39 is 26.4 Å². The second-order valence-electron chi connectivity index (χ2n) is 12.2. The molecule has 50 heavy (non-hydrogen) atoms. The van der Waals surface area contributed by atoms with Gasteiger partial charge in [0, 0.05) is 0 Å². The summed E-state index contributed by atoms with van der Waals surface area (Å²) < 4.78 is 67.1. The molecule has 0 radical (unpaired) electrons. The summed E-state index contributed by atoms with van der Waals surface area (Å²) in [7, 11) is -8.69. The molecule has 0 spiro atoms. The molecule has 13 heteroatoms. The van der Waals surface area contributed by atoms with Crippen molar-refractivity contribution in [1.82, 2.24) is 0 Å². The van der Waals surface area contributed by atoms with E-state index in [1.807, 2.05) is 0 Å². The average molecular weight is 760 g/mol. The Morgan fingerprint density at radius 2 is 0.680 bits per heavy atom. The monoisotopic (exact) mass is 758 g/mol. The zero-order valence-corrected chi connectivity index (χ0v) is 35.0. The van der Waals surface area contributed by atoms with Gasteiger partial charge in [-0.1, -0.05) is 166 Å². The van der Waals surface area contributed by atoms with Gasteiger partial charge >= 0.3 is 46.1 Å². The molecule has 0 aliphatic rings. The molecule has 9 nitrogen and oxygen atoms in total. The molecule has 2 rings (SSSR count). The molecule has 0 saturated heterocycles. The largest absolute Gasteiger partial charge is 2.00 e. The number of carboxylic acid groups (broad SMARTS) is 2. The Morgan fingerprint density at radius 3 is 0.920 bits per heavy atom. The van der Waals surface area contributed by atoms with E-state index in [0.29, 0.717) is 24.0 Å². The third-order valence-electron chi connectivity index (χ3n) is 8.08. The van der Waals surface area contributed by atoms with Crippen LogP contribution >= 0.6 is 0 Å². The predicted molar refractivity (Wildman–Crippen MR) is 197 cm³/mol. The summed E-state index contributed by atoms with van der Waals surface area (Å²) >= 11 is 0. The maximum atomic E-state index is 11.2. The molecule has 0 bridgehead atoms. The standard InChI is InChI=1S/2C18H30O3S.CH2O3.2Mg/c2*1-2-3-4-5-6-7-8-9-10-11-14-17-15-12-13-16-18(17)22(19,20)21;2-1(3)4;;/h2*12-13,15-16H,2-11,14H2,1H3,(H,19,20,21);(H2,2,3,4);;/q;;;2*+2/p-4. The second kappa shape index (κ2) is 33.9. The molecule has 0 aromatic heterocycles. The smallest absolute Gasteiger partial charge is 0.744 e. The fraction of sp³-hybridized carbons (Fsp3) is 0.649. The first kappa shape index (κ1) is 53.4. The summed E-state index contributed by atoms with van der Waals surface area (Å²) in [5.41, 5.74) is 1.33. The van der Waals surface area contributed by atoms with Gasteiger partial charge in [0.25, 0.3) is 0 Å². The van der Waals surface area contributed by atoms with E-state index in [-0.39, 0.29) is 55.9 Å². The van der Waals surface area contributed by atoms with Gasteiger partial charge in [0.05, 0.1) is 9.79 Å². The van der Waals surface area contributed by atoms with Gasteiger partial charge in [-0.05, 0) is 55.1 Å². The van der Waals surface area contributed by atoms with Crippen molar-refractivity contribution in [1.29, 1.82) is 0 Å². The van der Waals surface area contributed by atoms with E-state index in [1.165, 1.54) is 115 Å². The van der Waals surface area contributed by atoms with Gasteiger partial charge in [-0.25, -0.2) is 16.8 Å². The number of hydrogen-bond acceptors (Lipinski definition) is 9. The molecule has 0 unspecified atom stereocenters. The molecule has 0 atom stereocenters. The minimum atomic E-state index is -4.35. The van der Waals surface area contributed by atoms with E-state index >= 15 is 0 Å². The quantitative estimate of drug-likeness (QED) is 0.0626. The number of carbonyl (C=O) groups is 1. The number of carbonyl (C=O) groups excluding carboxylic acids is 1. The minimum absolute atomic E-state index is 0. The molecular formula is C37H58Mg2O9S2. The van der Waals surface area contributed by atoms with Crippen LogP contribution in [0.1, 0.15) is 153 Å². The molecule has 0 saturated carbocycles. The second-order valence-corrected chi connectivity index (χ2v) is 14.9. The maximum Gasteiger partial charge on any atom is 2.00 e. The van der Waals surface area contributed by atoms with Gasteiger partial charge in [0.2, 0.25) is 0 Å². The van der Waals surface area contributed by atoms with Crippen molar-refractivity contribution >= 4 is 72.5 Å². The van der Waals surface area contributed by atoms with Crippen molar-refractivity contribution in [3.63, 3.8) is 0 Å². The Hall–Kier alpha value is -0.938. The molecular weight excluding hydrogens is 701 g/mol. The molecule has 0 aliphatic carbocycles.